The van der Waals surface area contributed by atoms with E-state index in [-0.39, 0.29) is 0 Å². The van der Waals surface area contributed by atoms with Crippen LogP contribution in [0.5, 0.6) is 5.75 Å². The molecule has 0 radical (unpaired) electrons. The van der Waals surface area contributed by atoms with Crippen LogP contribution in [0.2, 0.25) is 0 Å². The van der Waals surface area contributed by atoms with Crippen LogP contribution in [0.25, 0.3) is 0 Å². The lowest BCUT2D eigenvalue weighted by molar-refractivity contribution is 0.171. The number of pyridine rings is 1. The molecule has 0 aliphatic rings. The van der Waals surface area contributed by atoms with E-state index in [9.17, 15) is 0 Å². The maximum Gasteiger partial charge on any atom is 0.127 e. The lowest BCUT2D eigenvalue weighted by Gasteiger charge is -2.13. The van der Waals surface area contributed by atoms with Gasteiger partial charge in [0, 0.05) is 49.7 Å². The second-order valence-electron chi connectivity index (χ2n) is 3.72. The van der Waals surface area contributed by atoms with Gasteiger partial charge in [0.2, 0.25) is 0 Å². The van der Waals surface area contributed by atoms with Crippen LogP contribution >= 0.6 is 0 Å². The van der Waals surface area contributed by atoms with E-state index in [2.05, 4.69) is 4.98 Å². The van der Waals surface area contributed by atoms with Gasteiger partial charge in [-0.15, -0.1) is 0 Å². The topological polar surface area (TPSA) is 57.4 Å². The molecule has 2 N–H and O–H groups in total. The van der Waals surface area contributed by atoms with Crippen LogP contribution in [0.1, 0.15) is 23.4 Å². The molecule has 1 aromatic rings. The third kappa shape index (κ3) is 3.47. The number of ether oxygens (including phenoxy) is 2. The van der Waals surface area contributed by atoms with Gasteiger partial charge in [0.15, 0.2) is 0 Å². The van der Waals surface area contributed by atoms with Crippen LogP contribution in [0.15, 0.2) is 6.07 Å². The quantitative estimate of drug-likeness (QED) is 0.745. The van der Waals surface area contributed by atoms with Gasteiger partial charge in [-0.25, -0.2) is 0 Å². The summed E-state index contributed by atoms with van der Waals surface area (Å²) in [6.07, 6.45) is 0.876. The number of aromatic nitrogens is 1. The first kappa shape index (κ1) is 12.9. The molecule has 0 spiro atoms. The van der Waals surface area contributed by atoms with Gasteiger partial charge in [0.05, 0.1) is 6.61 Å². The van der Waals surface area contributed by atoms with Gasteiger partial charge in [0.1, 0.15) is 5.75 Å². The predicted molar refractivity (Wildman–Crippen MR) is 63.6 cm³/mol. The van der Waals surface area contributed by atoms with Crippen LogP contribution < -0.4 is 10.5 Å². The molecule has 0 fully saturated rings. The van der Waals surface area contributed by atoms with Gasteiger partial charge in [-0.05, 0) is 13.8 Å². The normalized spacial score (nSPS) is 10.5. The smallest absolute Gasteiger partial charge is 0.127 e. The van der Waals surface area contributed by atoms with Crippen LogP contribution in [-0.2, 0) is 11.3 Å². The molecule has 16 heavy (non-hydrogen) atoms. The number of hydrogen-bond donors (Lipinski definition) is 1. The van der Waals surface area contributed by atoms with E-state index in [4.69, 9.17) is 15.2 Å². The molecule has 1 rings (SSSR count). The van der Waals surface area contributed by atoms with Crippen LogP contribution in [0.3, 0.4) is 0 Å². The van der Waals surface area contributed by atoms with Crippen molar-refractivity contribution in [3.8, 4) is 5.75 Å². The highest BCUT2D eigenvalue weighted by Crippen LogP contribution is 2.21. The molecule has 0 unspecified atom stereocenters. The van der Waals surface area contributed by atoms with Crippen molar-refractivity contribution in [1.29, 1.82) is 0 Å². The second-order valence-corrected chi connectivity index (χ2v) is 3.72. The molecule has 1 heterocycles. The maximum absolute atomic E-state index is 5.69. The minimum Gasteiger partial charge on any atom is -0.493 e. The summed E-state index contributed by atoms with van der Waals surface area (Å²) in [5.41, 5.74) is 8.58. The minimum atomic E-state index is 0.457. The molecular formula is C12H20N2O2. The first-order valence-corrected chi connectivity index (χ1v) is 5.48. The zero-order valence-electron chi connectivity index (χ0n) is 10.2. The summed E-state index contributed by atoms with van der Waals surface area (Å²) >= 11 is 0. The summed E-state index contributed by atoms with van der Waals surface area (Å²) in [4.78, 5) is 4.36. The standard InChI is InChI=1S/C12H20N2O2/c1-9-7-12(16-6-4-5-15-3)11(8-13)10(2)14-9/h7H,4-6,8,13H2,1-3H3. The summed E-state index contributed by atoms with van der Waals surface area (Å²) in [7, 11) is 1.69. The van der Waals surface area contributed by atoms with Crippen molar-refractivity contribution in [2.24, 2.45) is 5.73 Å². The van der Waals surface area contributed by atoms with Crippen LogP contribution in [0.4, 0.5) is 0 Å². The van der Waals surface area contributed by atoms with E-state index in [1.54, 1.807) is 7.11 Å². The second kappa shape index (κ2) is 6.45. The molecule has 0 aliphatic heterocycles. The van der Waals surface area contributed by atoms with Gasteiger partial charge in [0.25, 0.3) is 0 Å². The van der Waals surface area contributed by atoms with Crippen molar-refractivity contribution in [3.05, 3.63) is 23.0 Å². The minimum absolute atomic E-state index is 0.457. The molecule has 90 valence electrons. The molecule has 0 aromatic carbocycles. The Morgan fingerprint density at radius 1 is 1.31 bits per heavy atom. The summed E-state index contributed by atoms with van der Waals surface area (Å²) in [6, 6.07) is 1.93. The lowest BCUT2D eigenvalue weighted by atomic mass is 10.1. The van der Waals surface area contributed by atoms with E-state index in [1.165, 1.54) is 0 Å². The third-order valence-electron chi connectivity index (χ3n) is 2.37. The van der Waals surface area contributed by atoms with Crippen LogP contribution in [-0.4, -0.2) is 25.3 Å². The fraction of sp³-hybridized carbons (Fsp3) is 0.583. The van der Waals surface area contributed by atoms with Gasteiger partial charge in [-0.2, -0.15) is 0 Å². The Balaban J connectivity index is 2.69. The Morgan fingerprint density at radius 3 is 2.69 bits per heavy atom. The molecule has 0 saturated carbocycles. The van der Waals surface area contributed by atoms with Gasteiger partial charge in [-0.1, -0.05) is 0 Å². The number of rotatable bonds is 6. The van der Waals surface area contributed by atoms with Gasteiger partial charge >= 0.3 is 0 Å². The third-order valence-corrected chi connectivity index (χ3v) is 2.37. The summed E-state index contributed by atoms with van der Waals surface area (Å²) < 4.78 is 10.7. The van der Waals surface area contributed by atoms with E-state index >= 15 is 0 Å². The lowest BCUT2D eigenvalue weighted by Crippen LogP contribution is -2.08. The Hall–Kier alpha value is -1.13. The largest absolute Gasteiger partial charge is 0.493 e. The Morgan fingerprint density at radius 2 is 2.06 bits per heavy atom. The fourth-order valence-electron chi connectivity index (χ4n) is 1.58. The average molecular weight is 224 g/mol. The summed E-state index contributed by atoms with van der Waals surface area (Å²) in [5.74, 6) is 0.851. The first-order chi connectivity index (χ1) is 7.69. The van der Waals surface area contributed by atoms with Gasteiger partial charge < -0.3 is 15.2 Å². The molecule has 0 aliphatic carbocycles. The van der Waals surface area contributed by atoms with Crippen molar-refractivity contribution in [1.82, 2.24) is 4.98 Å². The van der Waals surface area contributed by atoms with Gasteiger partial charge in [-0.3, -0.25) is 4.98 Å². The number of nitrogens with two attached hydrogens (primary N) is 1. The molecule has 0 bridgehead atoms. The predicted octanol–water partition coefficient (Wildman–Crippen LogP) is 1.57. The highest BCUT2D eigenvalue weighted by atomic mass is 16.5. The van der Waals surface area contributed by atoms with Crippen LogP contribution in [0, 0.1) is 13.8 Å². The van der Waals surface area contributed by atoms with E-state index in [0.29, 0.717) is 19.8 Å². The van der Waals surface area contributed by atoms with Crippen molar-refractivity contribution >= 4 is 0 Å². The number of nitrogens with zero attached hydrogens (tertiary/aromatic N) is 1. The Kier molecular flexibility index (Phi) is 5.22. The first-order valence-electron chi connectivity index (χ1n) is 5.48. The van der Waals surface area contributed by atoms with E-state index in [0.717, 1.165) is 29.1 Å². The summed E-state index contributed by atoms with van der Waals surface area (Å²) in [6.45, 7) is 5.72. The zero-order valence-corrected chi connectivity index (χ0v) is 10.2. The molecule has 4 heteroatoms. The average Bonchev–Trinajstić information content (AvgIpc) is 2.24. The Labute approximate surface area is 96.8 Å². The fourth-order valence-corrected chi connectivity index (χ4v) is 1.58. The molecule has 0 saturated heterocycles. The molecule has 0 atom stereocenters. The summed E-state index contributed by atoms with van der Waals surface area (Å²) in [5, 5.41) is 0. The van der Waals surface area contributed by atoms with Crippen molar-refractivity contribution in [2.45, 2.75) is 26.8 Å². The number of hydrogen-bond acceptors (Lipinski definition) is 4. The highest BCUT2D eigenvalue weighted by molar-refractivity contribution is 5.37. The van der Waals surface area contributed by atoms with Crippen molar-refractivity contribution in [2.75, 3.05) is 20.3 Å². The SMILES string of the molecule is COCCCOc1cc(C)nc(C)c1CN. The number of aryl methyl sites for hydroxylation is 2. The zero-order chi connectivity index (χ0) is 12.0. The molecular weight excluding hydrogens is 204 g/mol. The van der Waals surface area contributed by atoms with Crippen molar-refractivity contribution in [3.63, 3.8) is 0 Å². The molecule has 4 nitrogen and oxygen atoms in total. The highest BCUT2D eigenvalue weighted by Gasteiger charge is 2.07. The maximum atomic E-state index is 5.69. The molecule has 1 aromatic heterocycles. The van der Waals surface area contributed by atoms with E-state index in [1.807, 2.05) is 19.9 Å². The molecule has 0 amide bonds. The Bertz CT molecular complexity index is 340. The number of methoxy groups -OCH3 is 1. The van der Waals surface area contributed by atoms with E-state index < -0.39 is 0 Å². The van der Waals surface area contributed by atoms with Crippen molar-refractivity contribution < 1.29 is 9.47 Å². The monoisotopic (exact) mass is 224 g/mol.